The van der Waals surface area contributed by atoms with Crippen LogP contribution in [0.4, 0.5) is 13.2 Å². The van der Waals surface area contributed by atoms with Gasteiger partial charge in [-0.25, -0.2) is 13.1 Å². The standard InChI is InChI=1S/C19H21F3N2O4S/c1-14-6-8-16(9-7-14)28-11-3-10-23-18(25)13-24-29(26,27)17-5-2-4-15(12-17)19(20,21)22/h2,4-9,12,24H,3,10-11,13H2,1H3,(H,23,25). The minimum Gasteiger partial charge on any atom is -0.494 e. The number of carbonyl (C=O) groups excluding carboxylic acids is 1. The predicted octanol–water partition coefficient (Wildman–Crippen LogP) is 2.88. The Morgan fingerprint density at radius 3 is 2.45 bits per heavy atom. The average molecular weight is 430 g/mol. The number of hydrogen-bond acceptors (Lipinski definition) is 4. The lowest BCUT2D eigenvalue weighted by atomic mass is 10.2. The molecular formula is C19H21F3N2O4S. The van der Waals surface area contributed by atoms with E-state index in [0.717, 1.165) is 23.8 Å². The molecule has 0 aliphatic carbocycles. The minimum atomic E-state index is -4.66. The molecule has 2 rings (SSSR count). The van der Waals surface area contributed by atoms with Crippen LogP contribution in [0.15, 0.2) is 53.4 Å². The molecule has 0 aromatic heterocycles. The first-order chi connectivity index (χ1) is 13.6. The van der Waals surface area contributed by atoms with Gasteiger partial charge in [-0.15, -0.1) is 0 Å². The van der Waals surface area contributed by atoms with Crippen molar-refractivity contribution in [3.8, 4) is 5.75 Å². The zero-order valence-corrected chi connectivity index (χ0v) is 16.4. The summed E-state index contributed by atoms with van der Waals surface area (Å²) in [6.07, 6.45) is -4.16. The van der Waals surface area contributed by atoms with E-state index >= 15 is 0 Å². The van der Waals surface area contributed by atoms with Gasteiger partial charge in [0, 0.05) is 6.54 Å². The van der Waals surface area contributed by atoms with Crippen molar-refractivity contribution in [1.82, 2.24) is 10.0 Å². The number of halogens is 3. The highest BCUT2D eigenvalue weighted by atomic mass is 32.2. The fourth-order valence-corrected chi connectivity index (χ4v) is 3.30. The topological polar surface area (TPSA) is 84.5 Å². The van der Waals surface area contributed by atoms with Gasteiger partial charge >= 0.3 is 6.18 Å². The third-order valence-electron chi connectivity index (χ3n) is 3.83. The molecule has 29 heavy (non-hydrogen) atoms. The molecule has 0 aliphatic heterocycles. The summed E-state index contributed by atoms with van der Waals surface area (Å²) in [6, 6.07) is 10.8. The van der Waals surface area contributed by atoms with Crippen molar-refractivity contribution < 1.29 is 31.1 Å². The molecule has 0 fully saturated rings. The second kappa shape index (κ2) is 9.75. The largest absolute Gasteiger partial charge is 0.494 e. The van der Waals surface area contributed by atoms with Crippen LogP contribution in [0.25, 0.3) is 0 Å². The van der Waals surface area contributed by atoms with E-state index in [0.29, 0.717) is 24.8 Å². The number of carbonyl (C=O) groups is 1. The molecule has 2 aromatic rings. The number of hydrogen-bond donors (Lipinski definition) is 2. The number of alkyl halides is 3. The number of amides is 1. The maximum Gasteiger partial charge on any atom is 0.416 e. The van der Waals surface area contributed by atoms with Gasteiger partial charge in [0.1, 0.15) is 5.75 Å². The van der Waals surface area contributed by atoms with E-state index in [2.05, 4.69) is 5.32 Å². The smallest absolute Gasteiger partial charge is 0.416 e. The van der Waals surface area contributed by atoms with E-state index in [-0.39, 0.29) is 6.54 Å². The second-order valence-corrected chi connectivity index (χ2v) is 7.98. The highest BCUT2D eigenvalue weighted by molar-refractivity contribution is 7.89. The number of rotatable bonds is 9. The Morgan fingerprint density at radius 2 is 1.79 bits per heavy atom. The molecule has 2 N–H and O–H groups in total. The van der Waals surface area contributed by atoms with Crippen LogP contribution in [-0.2, 0) is 21.0 Å². The molecule has 0 unspecified atom stereocenters. The molecule has 6 nitrogen and oxygen atoms in total. The van der Waals surface area contributed by atoms with Crippen LogP contribution < -0.4 is 14.8 Å². The summed E-state index contributed by atoms with van der Waals surface area (Å²) in [5.41, 5.74) is 0.0237. The quantitative estimate of drug-likeness (QED) is 0.600. The fourth-order valence-electron chi connectivity index (χ4n) is 2.27. The number of benzene rings is 2. The van der Waals surface area contributed by atoms with Crippen LogP contribution in [0, 0.1) is 6.92 Å². The zero-order valence-electron chi connectivity index (χ0n) is 15.6. The third-order valence-corrected chi connectivity index (χ3v) is 5.23. The van der Waals surface area contributed by atoms with Crippen molar-refractivity contribution in [3.05, 3.63) is 59.7 Å². The third kappa shape index (κ3) is 7.39. The minimum absolute atomic E-state index is 0.260. The van der Waals surface area contributed by atoms with Crippen molar-refractivity contribution in [2.45, 2.75) is 24.4 Å². The first kappa shape index (κ1) is 22.7. The maximum absolute atomic E-state index is 12.7. The predicted molar refractivity (Wildman–Crippen MR) is 101 cm³/mol. The van der Waals surface area contributed by atoms with Gasteiger partial charge in [-0.2, -0.15) is 13.2 Å². The first-order valence-electron chi connectivity index (χ1n) is 8.71. The highest BCUT2D eigenvalue weighted by Gasteiger charge is 2.31. The summed E-state index contributed by atoms with van der Waals surface area (Å²) in [7, 11) is -4.25. The molecule has 0 aliphatic rings. The van der Waals surface area contributed by atoms with E-state index in [1.807, 2.05) is 35.9 Å². The molecule has 2 aromatic carbocycles. The summed E-state index contributed by atoms with van der Waals surface area (Å²) in [4.78, 5) is 11.2. The zero-order chi connectivity index (χ0) is 21.5. The van der Waals surface area contributed by atoms with Crippen LogP contribution >= 0.6 is 0 Å². The Bertz CT molecular complexity index is 929. The van der Waals surface area contributed by atoms with Gasteiger partial charge in [0.25, 0.3) is 0 Å². The van der Waals surface area contributed by atoms with Crippen molar-refractivity contribution >= 4 is 15.9 Å². The van der Waals surface area contributed by atoms with Crippen molar-refractivity contribution in [1.29, 1.82) is 0 Å². The molecule has 0 bridgehead atoms. The van der Waals surface area contributed by atoms with E-state index in [9.17, 15) is 26.4 Å². The highest BCUT2D eigenvalue weighted by Crippen LogP contribution is 2.30. The number of sulfonamides is 1. The molecule has 0 saturated heterocycles. The average Bonchev–Trinajstić information content (AvgIpc) is 2.67. The van der Waals surface area contributed by atoms with Gasteiger partial charge in [0.15, 0.2) is 0 Å². The van der Waals surface area contributed by atoms with Crippen LogP contribution in [-0.4, -0.2) is 34.0 Å². The molecule has 0 saturated carbocycles. The first-order valence-corrected chi connectivity index (χ1v) is 10.2. The molecular weight excluding hydrogens is 409 g/mol. The molecule has 0 heterocycles. The van der Waals surface area contributed by atoms with Gasteiger partial charge in [-0.05, 0) is 43.7 Å². The van der Waals surface area contributed by atoms with Gasteiger partial charge in [-0.3, -0.25) is 4.79 Å². The van der Waals surface area contributed by atoms with Crippen molar-refractivity contribution in [3.63, 3.8) is 0 Å². The number of aryl methyl sites for hydroxylation is 1. The number of ether oxygens (including phenoxy) is 1. The Kier molecular flexibility index (Phi) is 7.63. The molecule has 10 heteroatoms. The molecule has 158 valence electrons. The SMILES string of the molecule is Cc1ccc(OCCCNC(=O)CNS(=O)(=O)c2cccc(C(F)(F)F)c2)cc1. The van der Waals surface area contributed by atoms with Gasteiger partial charge in [-0.1, -0.05) is 23.8 Å². The second-order valence-electron chi connectivity index (χ2n) is 6.22. The Balaban J connectivity index is 1.74. The van der Waals surface area contributed by atoms with Crippen molar-refractivity contribution in [2.75, 3.05) is 19.7 Å². The van der Waals surface area contributed by atoms with Gasteiger partial charge < -0.3 is 10.1 Å². The van der Waals surface area contributed by atoms with Crippen LogP contribution in [0.1, 0.15) is 17.5 Å². The summed E-state index contributed by atoms with van der Waals surface area (Å²) in [5.74, 6) is 0.103. The van der Waals surface area contributed by atoms with Crippen LogP contribution in [0.3, 0.4) is 0 Å². The van der Waals surface area contributed by atoms with E-state index in [4.69, 9.17) is 4.74 Å². The Hall–Kier alpha value is -2.59. The van der Waals surface area contributed by atoms with Crippen LogP contribution in [0.2, 0.25) is 0 Å². The fraction of sp³-hybridized carbons (Fsp3) is 0.316. The summed E-state index contributed by atoms with van der Waals surface area (Å²) < 4.78 is 69.8. The molecule has 0 spiro atoms. The van der Waals surface area contributed by atoms with Crippen molar-refractivity contribution in [2.24, 2.45) is 0 Å². The molecule has 0 radical (unpaired) electrons. The van der Waals surface area contributed by atoms with E-state index < -0.39 is 39.1 Å². The lowest BCUT2D eigenvalue weighted by molar-refractivity contribution is -0.137. The summed E-state index contributed by atoms with van der Waals surface area (Å²) >= 11 is 0. The molecule has 1 amide bonds. The lowest BCUT2D eigenvalue weighted by Gasteiger charge is -2.11. The summed E-state index contributed by atoms with van der Waals surface area (Å²) in [5, 5.41) is 2.51. The number of nitrogens with one attached hydrogen (secondary N) is 2. The lowest BCUT2D eigenvalue weighted by Crippen LogP contribution is -2.37. The van der Waals surface area contributed by atoms with E-state index in [1.165, 1.54) is 0 Å². The van der Waals surface area contributed by atoms with Gasteiger partial charge in [0.2, 0.25) is 15.9 Å². The van der Waals surface area contributed by atoms with E-state index in [1.54, 1.807) is 0 Å². The Labute approximate surface area is 167 Å². The van der Waals surface area contributed by atoms with Gasteiger partial charge in [0.05, 0.1) is 23.6 Å². The monoisotopic (exact) mass is 430 g/mol. The maximum atomic E-state index is 12.7. The summed E-state index contributed by atoms with van der Waals surface area (Å²) in [6.45, 7) is 1.99. The van der Waals surface area contributed by atoms with Crippen LogP contribution in [0.5, 0.6) is 5.75 Å². The molecule has 0 atom stereocenters. The Morgan fingerprint density at radius 1 is 1.10 bits per heavy atom. The normalized spacial score (nSPS) is 11.9.